The van der Waals surface area contributed by atoms with Crippen molar-refractivity contribution in [3.05, 3.63) is 28.0 Å². The first-order chi connectivity index (χ1) is 14.8. The Labute approximate surface area is 184 Å². The molecule has 0 radical (unpaired) electrons. The van der Waals surface area contributed by atoms with Gasteiger partial charge in [-0.1, -0.05) is 11.8 Å². The molecule has 2 aliphatic rings. The monoisotopic (exact) mass is 470 g/mol. The summed E-state index contributed by atoms with van der Waals surface area (Å²) < 4.78 is 34.7. The standard InChI is InChI=1S/C18H20F2N6O3S2/c1-8-3-10-5-31-17(21)26-18(10,7-28-8)15-25-11(6-30-15)24-14(27)13-9(2)23-12(4-22-13)29-16(19)20/h4,6,8,10,16H,3,5,7H2,1-2H3,(H2,21,26)(H,24,27)/t8-,10-,18-/m0/s1. The van der Waals surface area contributed by atoms with Crippen LogP contribution in [-0.4, -0.2) is 51.1 Å². The Kier molecular flexibility index (Phi) is 6.08. The Morgan fingerprint density at radius 1 is 1.45 bits per heavy atom. The van der Waals surface area contributed by atoms with Crippen molar-refractivity contribution >= 4 is 40.0 Å². The van der Waals surface area contributed by atoms with Gasteiger partial charge in [0.15, 0.2) is 5.17 Å². The van der Waals surface area contributed by atoms with Gasteiger partial charge in [0, 0.05) is 17.1 Å². The van der Waals surface area contributed by atoms with E-state index in [0.717, 1.165) is 18.4 Å². The van der Waals surface area contributed by atoms with Crippen molar-refractivity contribution in [3.8, 4) is 5.88 Å². The number of aryl methyl sites for hydroxylation is 1. The molecule has 0 aromatic carbocycles. The number of rotatable bonds is 5. The fourth-order valence-electron chi connectivity index (χ4n) is 3.62. The van der Waals surface area contributed by atoms with Gasteiger partial charge in [-0.15, -0.1) is 11.3 Å². The Hall–Kier alpha value is -2.38. The minimum Gasteiger partial charge on any atom is -0.415 e. The number of nitrogens with one attached hydrogen (secondary N) is 1. The van der Waals surface area contributed by atoms with Crippen LogP contribution in [0.5, 0.6) is 5.88 Å². The van der Waals surface area contributed by atoms with E-state index in [9.17, 15) is 13.6 Å². The van der Waals surface area contributed by atoms with Crippen LogP contribution in [0.15, 0.2) is 16.6 Å². The van der Waals surface area contributed by atoms with Crippen molar-refractivity contribution in [2.75, 3.05) is 17.7 Å². The summed E-state index contributed by atoms with van der Waals surface area (Å²) in [6.07, 6.45) is 1.94. The van der Waals surface area contributed by atoms with Gasteiger partial charge >= 0.3 is 6.61 Å². The number of anilines is 1. The van der Waals surface area contributed by atoms with Gasteiger partial charge in [0.05, 0.1) is 24.6 Å². The summed E-state index contributed by atoms with van der Waals surface area (Å²) in [4.78, 5) is 29.6. The molecule has 2 aliphatic heterocycles. The number of nitrogens with zero attached hydrogens (tertiary/aromatic N) is 4. The Bertz CT molecular complexity index is 1020. The fourth-order valence-corrected chi connectivity index (χ4v) is 5.59. The highest BCUT2D eigenvalue weighted by molar-refractivity contribution is 8.13. The van der Waals surface area contributed by atoms with Crippen LogP contribution < -0.4 is 15.8 Å². The van der Waals surface area contributed by atoms with Crippen molar-refractivity contribution in [1.82, 2.24) is 15.0 Å². The second-order valence-electron chi connectivity index (χ2n) is 7.25. The van der Waals surface area contributed by atoms with Crippen LogP contribution in [0, 0.1) is 12.8 Å². The van der Waals surface area contributed by atoms with E-state index in [1.165, 1.54) is 30.0 Å². The molecule has 4 heterocycles. The molecule has 166 valence electrons. The van der Waals surface area contributed by atoms with Gasteiger partial charge in [0.1, 0.15) is 22.1 Å². The number of nitrogens with two attached hydrogens (primary N) is 1. The first-order valence-corrected chi connectivity index (χ1v) is 11.3. The van der Waals surface area contributed by atoms with Crippen LogP contribution in [0.2, 0.25) is 0 Å². The molecular formula is C18H20F2N6O3S2. The average Bonchev–Trinajstić information content (AvgIpc) is 3.17. The third kappa shape index (κ3) is 4.48. The normalized spacial score (nSPS) is 25.6. The number of hydrogen-bond donors (Lipinski definition) is 2. The molecular weight excluding hydrogens is 450 g/mol. The van der Waals surface area contributed by atoms with Crippen molar-refractivity contribution in [2.24, 2.45) is 16.6 Å². The van der Waals surface area contributed by atoms with Crippen molar-refractivity contribution < 1.29 is 23.0 Å². The van der Waals surface area contributed by atoms with Gasteiger partial charge in [0.25, 0.3) is 5.91 Å². The topological polar surface area (TPSA) is 125 Å². The molecule has 1 fully saturated rings. The summed E-state index contributed by atoms with van der Waals surface area (Å²) in [6.45, 7) is 0.863. The Morgan fingerprint density at radius 2 is 2.26 bits per heavy atom. The van der Waals surface area contributed by atoms with E-state index in [-0.39, 0.29) is 29.3 Å². The molecule has 9 nitrogen and oxygen atoms in total. The molecule has 3 N–H and O–H groups in total. The molecule has 31 heavy (non-hydrogen) atoms. The molecule has 0 aliphatic carbocycles. The van der Waals surface area contributed by atoms with Crippen molar-refractivity contribution in [2.45, 2.75) is 38.5 Å². The molecule has 13 heteroatoms. The van der Waals surface area contributed by atoms with Gasteiger partial charge in [-0.25, -0.2) is 19.9 Å². The first kappa shape index (κ1) is 21.8. The number of thiazole rings is 1. The van der Waals surface area contributed by atoms with Gasteiger partial charge in [-0.05, 0) is 20.3 Å². The molecule has 2 aromatic heterocycles. The predicted octanol–water partition coefficient (Wildman–Crippen LogP) is 2.78. The maximum absolute atomic E-state index is 12.6. The number of thioether (sulfide) groups is 1. The lowest BCUT2D eigenvalue weighted by Crippen LogP contribution is -2.49. The van der Waals surface area contributed by atoms with Crippen LogP contribution in [-0.2, 0) is 10.3 Å². The van der Waals surface area contributed by atoms with E-state index >= 15 is 0 Å². The summed E-state index contributed by atoms with van der Waals surface area (Å²) in [7, 11) is 0. The summed E-state index contributed by atoms with van der Waals surface area (Å²) in [5, 5.41) is 5.59. The van der Waals surface area contributed by atoms with Crippen LogP contribution in [0.25, 0.3) is 0 Å². The summed E-state index contributed by atoms with van der Waals surface area (Å²) >= 11 is 2.90. The quantitative estimate of drug-likeness (QED) is 0.684. The third-order valence-corrected chi connectivity index (χ3v) is 7.05. The largest absolute Gasteiger partial charge is 0.415 e. The van der Waals surface area contributed by atoms with E-state index < -0.39 is 18.1 Å². The van der Waals surface area contributed by atoms with E-state index in [1.807, 2.05) is 6.92 Å². The second kappa shape index (κ2) is 8.63. The third-order valence-electron chi connectivity index (χ3n) is 5.09. The molecule has 1 saturated heterocycles. The minimum absolute atomic E-state index is 0.0154. The number of fused-ring (bicyclic) bond motifs is 1. The van der Waals surface area contributed by atoms with Gasteiger partial charge in [-0.3, -0.25) is 4.79 Å². The van der Waals surface area contributed by atoms with Crippen LogP contribution >= 0.6 is 23.1 Å². The van der Waals surface area contributed by atoms with Crippen molar-refractivity contribution in [3.63, 3.8) is 0 Å². The molecule has 0 bridgehead atoms. The fraction of sp³-hybridized carbons (Fsp3) is 0.500. The van der Waals surface area contributed by atoms with Crippen LogP contribution in [0.3, 0.4) is 0 Å². The van der Waals surface area contributed by atoms with E-state index in [1.54, 1.807) is 5.38 Å². The lowest BCUT2D eigenvalue weighted by molar-refractivity contribution is -0.0532. The zero-order valence-corrected chi connectivity index (χ0v) is 18.3. The number of amides is 1. The summed E-state index contributed by atoms with van der Waals surface area (Å²) in [5.74, 6) is 0.459. The smallest absolute Gasteiger partial charge is 0.388 e. The molecule has 1 amide bonds. The highest BCUT2D eigenvalue weighted by atomic mass is 32.2. The predicted molar refractivity (Wildman–Crippen MR) is 113 cm³/mol. The molecule has 3 atom stereocenters. The molecule has 0 saturated carbocycles. The maximum atomic E-state index is 12.6. The lowest BCUT2D eigenvalue weighted by Gasteiger charge is -2.44. The van der Waals surface area contributed by atoms with Crippen LogP contribution in [0.4, 0.5) is 14.6 Å². The Morgan fingerprint density at radius 3 is 3.00 bits per heavy atom. The highest BCUT2D eigenvalue weighted by Crippen LogP contribution is 2.47. The maximum Gasteiger partial charge on any atom is 0.388 e. The number of amidine groups is 1. The zero-order chi connectivity index (χ0) is 22.2. The number of carbonyl (C=O) groups is 1. The van der Waals surface area contributed by atoms with Gasteiger partial charge in [0.2, 0.25) is 5.88 Å². The minimum atomic E-state index is -3.02. The first-order valence-electron chi connectivity index (χ1n) is 9.42. The van der Waals surface area contributed by atoms with E-state index in [2.05, 4.69) is 25.0 Å². The summed E-state index contributed by atoms with van der Waals surface area (Å²) in [6, 6.07) is 0. The van der Waals surface area contributed by atoms with Crippen molar-refractivity contribution in [1.29, 1.82) is 0 Å². The number of alkyl halides is 2. The zero-order valence-electron chi connectivity index (χ0n) is 16.7. The summed E-state index contributed by atoms with van der Waals surface area (Å²) in [5.41, 5.74) is 5.48. The van der Waals surface area contributed by atoms with E-state index in [0.29, 0.717) is 22.6 Å². The Balaban J connectivity index is 1.54. The molecule has 0 unspecified atom stereocenters. The highest BCUT2D eigenvalue weighted by Gasteiger charge is 2.49. The SMILES string of the molecule is Cc1nc(OC(F)F)cnc1C(=O)Nc1csc([C@]23CO[C@@H](C)C[C@H]2CSC(N)=N3)n1. The van der Waals surface area contributed by atoms with Crippen LogP contribution in [0.1, 0.15) is 34.5 Å². The number of ether oxygens (including phenoxy) is 2. The van der Waals surface area contributed by atoms with Gasteiger partial charge < -0.3 is 20.5 Å². The van der Waals surface area contributed by atoms with E-state index in [4.69, 9.17) is 15.5 Å². The number of carbonyl (C=O) groups excluding carboxylic acids is 1. The number of hydrogen-bond acceptors (Lipinski definition) is 10. The molecule has 2 aromatic rings. The number of aliphatic imine (C=N–C) groups is 1. The molecule has 4 rings (SSSR count). The molecule has 0 spiro atoms. The average molecular weight is 471 g/mol. The van der Waals surface area contributed by atoms with Gasteiger partial charge in [-0.2, -0.15) is 8.78 Å². The second-order valence-corrected chi connectivity index (χ2v) is 9.15. The lowest BCUT2D eigenvalue weighted by atomic mass is 9.80. The number of halogens is 2. The number of aromatic nitrogens is 3.